The highest BCUT2D eigenvalue weighted by Gasteiger charge is 2.24. The van der Waals surface area contributed by atoms with Crippen molar-refractivity contribution in [3.63, 3.8) is 0 Å². The summed E-state index contributed by atoms with van der Waals surface area (Å²) in [4.78, 5) is 16.6. The van der Waals surface area contributed by atoms with Crippen LogP contribution >= 0.6 is 11.3 Å². The van der Waals surface area contributed by atoms with Gasteiger partial charge in [0, 0.05) is 17.0 Å². The van der Waals surface area contributed by atoms with E-state index < -0.39 is 28.7 Å². The fourth-order valence-corrected chi connectivity index (χ4v) is 4.28. The largest absolute Gasteiger partial charge is 0.390 e. The summed E-state index contributed by atoms with van der Waals surface area (Å²) < 4.78 is 29.6. The summed E-state index contributed by atoms with van der Waals surface area (Å²) in [6.07, 6.45) is 0.310. The third-order valence-corrected chi connectivity index (χ3v) is 5.72. The number of hydrogen-bond donors (Lipinski definition) is 4. The van der Waals surface area contributed by atoms with Crippen LogP contribution < -0.4 is 11.1 Å². The number of aliphatic hydroxyl groups is 2. The Bertz CT molecular complexity index is 1140. The van der Waals surface area contributed by atoms with E-state index in [0.29, 0.717) is 17.9 Å². The van der Waals surface area contributed by atoms with Crippen molar-refractivity contribution in [1.82, 2.24) is 4.98 Å². The number of rotatable bonds is 7. The number of benzene rings is 1. The second kappa shape index (κ2) is 8.57. The zero-order chi connectivity index (χ0) is 23.8. The van der Waals surface area contributed by atoms with Crippen molar-refractivity contribution in [3.8, 4) is 10.4 Å². The highest BCUT2D eigenvalue weighted by molar-refractivity contribution is 7.20. The Labute approximate surface area is 188 Å². The average molecular weight is 462 g/mol. The van der Waals surface area contributed by atoms with Crippen LogP contribution in [0.1, 0.15) is 49.3 Å². The number of halogens is 2. The van der Waals surface area contributed by atoms with Gasteiger partial charge in [-0.1, -0.05) is 6.07 Å². The van der Waals surface area contributed by atoms with Crippen molar-refractivity contribution in [2.75, 3.05) is 5.32 Å². The third-order valence-electron chi connectivity index (χ3n) is 4.65. The number of carbonyl (C=O) groups is 1. The number of nitrogens with zero attached hydrogens (tertiary/aromatic N) is 1. The molecule has 0 atom stereocenters. The molecule has 3 rings (SSSR count). The van der Waals surface area contributed by atoms with Gasteiger partial charge in [-0.15, -0.1) is 11.3 Å². The van der Waals surface area contributed by atoms with Crippen molar-refractivity contribution >= 4 is 28.1 Å². The first-order valence-corrected chi connectivity index (χ1v) is 10.7. The molecule has 0 spiro atoms. The van der Waals surface area contributed by atoms with E-state index in [1.54, 1.807) is 32.0 Å². The molecule has 2 heterocycles. The molecule has 0 aliphatic carbocycles. The number of pyridine rings is 1. The molecule has 1 aromatic carbocycles. The van der Waals surface area contributed by atoms with Crippen LogP contribution in [0, 0.1) is 11.6 Å². The van der Waals surface area contributed by atoms with E-state index in [1.807, 2.05) is 0 Å². The van der Waals surface area contributed by atoms with Crippen LogP contribution in [0.2, 0.25) is 0 Å². The van der Waals surface area contributed by atoms with E-state index >= 15 is 0 Å². The lowest BCUT2D eigenvalue weighted by atomic mass is 9.96. The molecule has 32 heavy (non-hydrogen) atoms. The van der Waals surface area contributed by atoms with Crippen LogP contribution in [0.3, 0.4) is 0 Å². The van der Waals surface area contributed by atoms with E-state index in [2.05, 4.69) is 10.3 Å². The minimum absolute atomic E-state index is 0.0602. The van der Waals surface area contributed by atoms with Gasteiger partial charge in [-0.05, 0) is 63.6 Å². The fourth-order valence-electron chi connectivity index (χ4n) is 3.16. The summed E-state index contributed by atoms with van der Waals surface area (Å²) in [6, 6.07) is 8.61. The van der Waals surface area contributed by atoms with E-state index in [9.17, 15) is 23.8 Å². The second-order valence-corrected chi connectivity index (χ2v) is 9.77. The molecule has 2 aromatic heterocycles. The van der Waals surface area contributed by atoms with Crippen LogP contribution in [0.25, 0.3) is 10.4 Å². The zero-order valence-electron chi connectivity index (χ0n) is 18.2. The first-order chi connectivity index (χ1) is 14.7. The monoisotopic (exact) mass is 461 g/mol. The molecule has 0 saturated carbocycles. The Kier molecular flexibility index (Phi) is 6.37. The molecule has 0 saturated heterocycles. The quantitative estimate of drug-likeness (QED) is 0.415. The second-order valence-electron chi connectivity index (χ2n) is 8.72. The molecule has 0 bridgehead atoms. The standard InChI is InChI=1S/C23H25F2N3O3S/c1-22(2,30)11-13-6-5-7-18(27-13)28-21-14(20(26)29)10-17(32-21)19-15(24)8-12(9-16(19)25)23(3,4)31/h5-10,30-31H,11H2,1-4H3,(H2,26,29)(H,27,28). The predicted octanol–water partition coefficient (Wildman–Crippen LogP) is 4.47. The van der Waals surface area contributed by atoms with Gasteiger partial charge in [0.05, 0.1) is 22.3 Å². The van der Waals surface area contributed by atoms with Crippen molar-refractivity contribution in [2.45, 2.75) is 45.3 Å². The third kappa shape index (κ3) is 5.48. The molecule has 6 nitrogen and oxygen atoms in total. The van der Waals surface area contributed by atoms with Crippen molar-refractivity contribution in [1.29, 1.82) is 0 Å². The van der Waals surface area contributed by atoms with E-state index in [0.717, 1.165) is 23.5 Å². The molecule has 1 amide bonds. The number of nitrogens with two attached hydrogens (primary N) is 1. The molecule has 0 fully saturated rings. The Hall–Kier alpha value is -2.88. The minimum Gasteiger partial charge on any atom is -0.390 e. The molecule has 0 radical (unpaired) electrons. The van der Waals surface area contributed by atoms with Gasteiger partial charge in [-0.3, -0.25) is 4.79 Å². The number of carbonyl (C=O) groups excluding carboxylic acids is 1. The molecule has 3 aromatic rings. The number of anilines is 2. The number of nitrogens with one attached hydrogen (secondary N) is 1. The van der Waals surface area contributed by atoms with Gasteiger partial charge in [0.25, 0.3) is 5.91 Å². The predicted molar refractivity (Wildman–Crippen MR) is 121 cm³/mol. The highest BCUT2D eigenvalue weighted by Crippen LogP contribution is 2.40. The summed E-state index contributed by atoms with van der Waals surface area (Å²) in [5.41, 5.74) is 3.57. The first kappa shape index (κ1) is 23.8. The van der Waals surface area contributed by atoms with E-state index in [4.69, 9.17) is 5.73 Å². The van der Waals surface area contributed by atoms with E-state index in [1.165, 1.54) is 19.9 Å². The topological polar surface area (TPSA) is 108 Å². The lowest BCUT2D eigenvalue weighted by molar-refractivity contribution is 0.0777. The summed E-state index contributed by atoms with van der Waals surface area (Å²) in [6.45, 7) is 6.19. The number of hydrogen-bond acceptors (Lipinski definition) is 6. The van der Waals surface area contributed by atoms with Gasteiger partial charge in [-0.25, -0.2) is 13.8 Å². The molecule has 170 valence electrons. The zero-order valence-corrected chi connectivity index (χ0v) is 19.0. The Morgan fingerprint density at radius 3 is 2.28 bits per heavy atom. The Balaban J connectivity index is 2.01. The first-order valence-electron chi connectivity index (χ1n) is 9.86. The van der Waals surface area contributed by atoms with Gasteiger partial charge in [-0.2, -0.15) is 0 Å². The maximum Gasteiger partial charge on any atom is 0.251 e. The van der Waals surface area contributed by atoms with Crippen molar-refractivity contribution in [2.24, 2.45) is 5.73 Å². The summed E-state index contributed by atoms with van der Waals surface area (Å²) >= 11 is 0.953. The van der Waals surface area contributed by atoms with Gasteiger partial charge in [0.15, 0.2) is 0 Å². The fraction of sp³-hybridized carbons (Fsp3) is 0.304. The number of primary amides is 1. The SMILES string of the molecule is CC(C)(O)Cc1cccc(Nc2sc(-c3c(F)cc(C(C)(C)O)cc3F)cc2C(N)=O)n1. The van der Waals surface area contributed by atoms with Gasteiger partial charge >= 0.3 is 0 Å². The van der Waals surface area contributed by atoms with Gasteiger partial charge in [0.1, 0.15) is 22.5 Å². The molecule has 0 unspecified atom stereocenters. The molecular weight excluding hydrogens is 436 g/mol. The van der Waals surface area contributed by atoms with Crippen LogP contribution in [0.5, 0.6) is 0 Å². The van der Waals surface area contributed by atoms with E-state index in [-0.39, 0.29) is 26.6 Å². The molecule has 5 N–H and O–H groups in total. The van der Waals surface area contributed by atoms with Crippen LogP contribution in [0.4, 0.5) is 19.6 Å². The maximum absolute atomic E-state index is 14.8. The summed E-state index contributed by atoms with van der Waals surface area (Å²) in [5.74, 6) is -2.11. The average Bonchev–Trinajstić information content (AvgIpc) is 3.02. The highest BCUT2D eigenvalue weighted by atomic mass is 32.1. The summed E-state index contributed by atoms with van der Waals surface area (Å²) in [7, 11) is 0. The van der Waals surface area contributed by atoms with Crippen molar-refractivity contribution < 1.29 is 23.8 Å². The molecule has 0 aliphatic rings. The molecule has 9 heteroatoms. The maximum atomic E-state index is 14.8. The number of amides is 1. The van der Waals surface area contributed by atoms with Gasteiger partial charge in [0.2, 0.25) is 0 Å². The normalized spacial score (nSPS) is 12.1. The smallest absolute Gasteiger partial charge is 0.251 e. The van der Waals surface area contributed by atoms with Gasteiger partial charge < -0.3 is 21.3 Å². The van der Waals surface area contributed by atoms with Crippen molar-refractivity contribution in [3.05, 3.63) is 64.9 Å². The Morgan fingerprint density at radius 1 is 1.12 bits per heavy atom. The lowest BCUT2D eigenvalue weighted by Crippen LogP contribution is -2.22. The number of aromatic nitrogens is 1. The minimum atomic E-state index is -1.42. The molecule has 0 aliphatic heterocycles. The molecular formula is C23H25F2N3O3S. The Morgan fingerprint density at radius 2 is 1.75 bits per heavy atom. The number of thiophene rings is 1. The van der Waals surface area contributed by atoms with Crippen LogP contribution in [-0.4, -0.2) is 26.7 Å². The van der Waals surface area contributed by atoms with Crippen LogP contribution in [-0.2, 0) is 12.0 Å². The van der Waals surface area contributed by atoms with Crippen LogP contribution in [0.15, 0.2) is 36.4 Å². The summed E-state index contributed by atoms with van der Waals surface area (Å²) in [5, 5.41) is 23.3. The lowest BCUT2D eigenvalue weighted by Gasteiger charge is -2.18.